The van der Waals surface area contributed by atoms with E-state index in [0.29, 0.717) is 0 Å². The van der Waals surface area contributed by atoms with Crippen molar-refractivity contribution in [3.8, 4) is 6.07 Å². The standard InChI is InChI=1S/C14H21N3O2S/c1-11(9-10-15)17(4)20(18,19)14-7-5-13(6-8-14)12(2)16-3/h5-8,11-12,16H,9H2,1-4H3. The van der Waals surface area contributed by atoms with Crippen LogP contribution < -0.4 is 5.32 Å². The minimum Gasteiger partial charge on any atom is -0.313 e. The van der Waals surface area contributed by atoms with Crippen LogP contribution in [0.5, 0.6) is 0 Å². The molecule has 0 aliphatic heterocycles. The number of sulfonamides is 1. The summed E-state index contributed by atoms with van der Waals surface area (Å²) in [4.78, 5) is 0.247. The van der Waals surface area contributed by atoms with Crippen LogP contribution in [0.2, 0.25) is 0 Å². The Morgan fingerprint density at radius 3 is 2.30 bits per heavy atom. The topological polar surface area (TPSA) is 73.2 Å². The maximum atomic E-state index is 12.4. The summed E-state index contributed by atoms with van der Waals surface area (Å²) < 4.78 is 26.0. The Hall–Kier alpha value is -1.42. The number of nitriles is 1. The molecule has 0 spiro atoms. The van der Waals surface area contributed by atoms with Gasteiger partial charge in [-0.15, -0.1) is 0 Å². The van der Waals surface area contributed by atoms with Crippen LogP contribution in [0, 0.1) is 11.3 Å². The SMILES string of the molecule is CNC(C)c1ccc(S(=O)(=O)N(C)C(C)CC#N)cc1. The summed E-state index contributed by atoms with van der Waals surface area (Å²) in [5.74, 6) is 0. The van der Waals surface area contributed by atoms with Crippen LogP contribution in [0.4, 0.5) is 0 Å². The Labute approximate surface area is 121 Å². The van der Waals surface area contributed by atoms with Crippen LogP contribution in [0.1, 0.15) is 31.9 Å². The predicted octanol–water partition coefficient (Wildman–Crippen LogP) is 1.89. The molecule has 1 rings (SSSR count). The van der Waals surface area contributed by atoms with Gasteiger partial charge in [-0.05, 0) is 38.6 Å². The maximum Gasteiger partial charge on any atom is 0.243 e. The van der Waals surface area contributed by atoms with E-state index >= 15 is 0 Å². The Balaban J connectivity index is 3.02. The number of rotatable bonds is 6. The Morgan fingerprint density at radius 1 is 1.30 bits per heavy atom. The van der Waals surface area contributed by atoms with Crippen molar-refractivity contribution in [2.45, 2.75) is 37.2 Å². The molecule has 0 fully saturated rings. The molecule has 0 aliphatic rings. The molecule has 0 heterocycles. The molecule has 0 amide bonds. The molecule has 2 unspecified atom stereocenters. The lowest BCUT2D eigenvalue weighted by Gasteiger charge is -2.22. The molecule has 6 heteroatoms. The van der Waals surface area contributed by atoms with E-state index in [4.69, 9.17) is 5.26 Å². The second-order valence-electron chi connectivity index (χ2n) is 4.81. The van der Waals surface area contributed by atoms with E-state index in [1.54, 1.807) is 31.2 Å². The molecule has 0 radical (unpaired) electrons. The van der Waals surface area contributed by atoms with Gasteiger partial charge in [-0.1, -0.05) is 12.1 Å². The maximum absolute atomic E-state index is 12.4. The highest BCUT2D eigenvalue weighted by atomic mass is 32.2. The Morgan fingerprint density at radius 2 is 1.85 bits per heavy atom. The van der Waals surface area contributed by atoms with E-state index in [1.807, 2.05) is 20.0 Å². The summed E-state index contributed by atoms with van der Waals surface area (Å²) in [7, 11) is -0.192. The second-order valence-corrected chi connectivity index (χ2v) is 6.81. The van der Waals surface area contributed by atoms with Gasteiger partial charge in [-0.2, -0.15) is 9.57 Å². The summed E-state index contributed by atoms with van der Waals surface area (Å²) in [6.07, 6.45) is 0.171. The van der Waals surface area contributed by atoms with Gasteiger partial charge >= 0.3 is 0 Å². The predicted molar refractivity (Wildman–Crippen MR) is 78.6 cm³/mol. The molecule has 110 valence electrons. The summed E-state index contributed by atoms with van der Waals surface area (Å²) in [5.41, 5.74) is 1.03. The molecule has 1 aromatic rings. The zero-order valence-corrected chi connectivity index (χ0v) is 13.1. The quantitative estimate of drug-likeness (QED) is 0.870. The van der Waals surface area contributed by atoms with Crippen molar-refractivity contribution < 1.29 is 8.42 Å². The molecule has 0 saturated carbocycles. The van der Waals surface area contributed by atoms with Crippen molar-refractivity contribution in [3.05, 3.63) is 29.8 Å². The molecule has 0 aromatic heterocycles. The minimum atomic E-state index is -3.55. The van der Waals surface area contributed by atoms with Crippen molar-refractivity contribution in [1.82, 2.24) is 9.62 Å². The molecule has 5 nitrogen and oxygen atoms in total. The van der Waals surface area contributed by atoms with E-state index < -0.39 is 10.0 Å². The zero-order chi connectivity index (χ0) is 15.3. The molecular weight excluding hydrogens is 274 g/mol. The summed E-state index contributed by atoms with van der Waals surface area (Å²) >= 11 is 0. The van der Waals surface area contributed by atoms with Crippen LogP contribution in [0.25, 0.3) is 0 Å². The number of hydrogen-bond donors (Lipinski definition) is 1. The molecule has 20 heavy (non-hydrogen) atoms. The fourth-order valence-corrected chi connectivity index (χ4v) is 3.12. The van der Waals surface area contributed by atoms with Crippen LogP contribution in [-0.4, -0.2) is 32.9 Å². The van der Waals surface area contributed by atoms with Gasteiger partial charge < -0.3 is 5.32 Å². The van der Waals surface area contributed by atoms with E-state index in [-0.39, 0.29) is 23.4 Å². The van der Waals surface area contributed by atoms with Gasteiger partial charge in [0.1, 0.15) is 0 Å². The zero-order valence-electron chi connectivity index (χ0n) is 12.3. The third-order valence-corrected chi connectivity index (χ3v) is 5.48. The lowest BCUT2D eigenvalue weighted by molar-refractivity contribution is 0.393. The molecule has 0 saturated heterocycles. The van der Waals surface area contributed by atoms with Gasteiger partial charge in [0.2, 0.25) is 10.0 Å². The second kappa shape index (κ2) is 6.84. The van der Waals surface area contributed by atoms with Crippen molar-refractivity contribution in [3.63, 3.8) is 0 Å². The molecule has 0 bridgehead atoms. The van der Waals surface area contributed by atoms with Crippen LogP contribution >= 0.6 is 0 Å². The van der Waals surface area contributed by atoms with Gasteiger partial charge in [0, 0.05) is 19.1 Å². The van der Waals surface area contributed by atoms with Gasteiger partial charge in [0.05, 0.1) is 17.4 Å². The lowest BCUT2D eigenvalue weighted by atomic mass is 10.1. The Kier molecular flexibility index (Phi) is 5.69. The monoisotopic (exact) mass is 295 g/mol. The fourth-order valence-electron chi connectivity index (χ4n) is 1.76. The third kappa shape index (κ3) is 3.57. The van der Waals surface area contributed by atoms with E-state index in [9.17, 15) is 8.42 Å². The summed E-state index contributed by atoms with van der Waals surface area (Å²) in [6.45, 7) is 3.73. The largest absolute Gasteiger partial charge is 0.313 e. The first-order valence-corrected chi connectivity index (χ1v) is 7.90. The van der Waals surface area contributed by atoms with E-state index in [2.05, 4.69) is 5.32 Å². The first-order valence-electron chi connectivity index (χ1n) is 6.46. The van der Waals surface area contributed by atoms with E-state index in [0.717, 1.165) is 5.56 Å². The van der Waals surface area contributed by atoms with Crippen molar-refractivity contribution in [2.24, 2.45) is 0 Å². The van der Waals surface area contributed by atoms with Crippen LogP contribution in [0.15, 0.2) is 29.2 Å². The smallest absolute Gasteiger partial charge is 0.243 e. The van der Waals surface area contributed by atoms with Gasteiger partial charge in [0.15, 0.2) is 0 Å². The molecular formula is C14H21N3O2S. The summed E-state index contributed by atoms with van der Waals surface area (Å²) in [5, 5.41) is 11.8. The fraction of sp³-hybridized carbons (Fsp3) is 0.500. The van der Waals surface area contributed by atoms with Crippen LogP contribution in [0.3, 0.4) is 0 Å². The number of benzene rings is 1. The molecule has 2 atom stereocenters. The van der Waals surface area contributed by atoms with Gasteiger partial charge in [-0.3, -0.25) is 0 Å². The van der Waals surface area contributed by atoms with Crippen molar-refractivity contribution >= 4 is 10.0 Å². The van der Waals surface area contributed by atoms with Crippen molar-refractivity contribution in [1.29, 1.82) is 5.26 Å². The number of nitrogens with one attached hydrogen (secondary N) is 1. The highest BCUT2D eigenvalue weighted by molar-refractivity contribution is 7.89. The molecule has 1 aromatic carbocycles. The van der Waals surface area contributed by atoms with E-state index in [1.165, 1.54) is 11.4 Å². The average Bonchev–Trinajstić information content (AvgIpc) is 2.45. The first kappa shape index (κ1) is 16.6. The number of hydrogen-bond acceptors (Lipinski definition) is 4. The third-order valence-electron chi connectivity index (χ3n) is 3.50. The first-order chi connectivity index (χ1) is 9.34. The molecule has 1 N–H and O–H groups in total. The summed E-state index contributed by atoms with van der Waals surface area (Å²) in [6, 6.07) is 8.63. The highest BCUT2D eigenvalue weighted by Gasteiger charge is 2.25. The van der Waals surface area contributed by atoms with Gasteiger partial charge in [0.25, 0.3) is 0 Å². The lowest BCUT2D eigenvalue weighted by Crippen LogP contribution is -2.34. The average molecular weight is 295 g/mol. The minimum absolute atomic E-state index is 0.169. The Bertz CT molecular complexity index is 575. The molecule has 0 aliphatic carbocycles. The van der Waals surface area contributed by atoms with Crippen LogP contribution in [-0.2, 0) is 10.0 Å². The van der Waals surface area contributed by atoms with Crippen molar-refractivity contribution in [2.75, 3.05) is 14.1 Å². The highest BCUT2D eigenvalue weighted by Crippen LogP contribution is 2.20. The number of nitrogens with zero attached hydrogens (tertiary/aromatic N) is 2. The normalized spacial score (nSPS) is 14.8. The van der Waals surface area contributed by atoms with Gasteiger partial charge in [-0.25, -0.2) is 8.42 Å².